The van der Waals surface area contributed by atoms with Crippen molar-refractivity contribution in [3.05, 3.63) is 78.5 Å². The first-order valence-electron chi connectivity index (χ1n) is 11.5. The number of rotatable bonds is 8. The summed E-state index contributed by atoms with van der Waals surface area (Å²) in [6.07, 6.45) is 1.44. The molecule has 2 aromatic carbocycles. The second kappa shape index (κ2) is 10.6. The summed E-state index contributed by atoms with van der Waals surface area (Å²) < 4.78 is 24.1. The molecule has 10 nitrogen and oxygen atoms in total. The number of amides is 2. The zero-order valence-electron chi connectivity index (χ0n) is 20.9. The van der Waals surface area contributed by atoms with E-state index in [0.717, 1.165) is 4.80 Å². The number of ether oxygens (including phenoxy) is 1. The summed E-state index contributed by atoms with van der Waals surface area (Å²) in [7, 11) is 1.54. The summed E-state index contributed by atoms with van der Waals surface area (Å²) in [4.78, 5) is 29.7. The van der Waals surface area contributed by atoms with Crippen LogP contribution < -0.4 is 15.0 Å². The highest BCUT2D eigenvalue weighted by Crippen LogP contribution is 2.30. The smallest absolute Gasteiger partial charge is 0.251 e. The Morgan fingerprint density at radius 1 is 1.11 bits per heavy atom. The molecule has 0 saturated carbocycles. The molecule has 11 heteroatoms. The summed E-state index contributed by atoms with van der Waals surface area (Å²) in [5.41, 5.74) is 0.425. The number of nitrogens with one attached hydrogen (secondary N) is 1. The lowest BCUT2D eigenvalue weighted by Crippen LogP contribution is -2.50. The minimum atomic E-state index is -1.12. The maximum Gasteiger partial charge on any atom is 0.251 e. The first-order valence-corrected chi connectivity index (χ1v) is 11.5. The van der Waals surface area contributed by atoms with E-state index in [0.29, 0.717) is 17.0 Å². The van der Waals surface area contributed by atoms with E-state index in [1.54, 1.807) is 36.4 Å². The Morgan fingerprint density at radius 2 is 1.81 bits per heavy atom. The molecule has 1 N–H and O–H groups in total. The van der Waals surface area contributed by atoms with Crippen LogP contribution in [0.4, 0.5) is 10.1 Å². The average Bonchev–Trinajstić information content (AvgIpc) is 3.54. The highest BCUT2D eigenvalue weighted by Gasteiger charge is 2.36. The van der Waals surface area contributed by atoms with Gasteiger partial charge in [-0.2, -0.15) is 4.80 Å². The number of hydrogen-bond acceptors (Lipinski definition) is 7. The van der Waals surface area contributed by atoms with Crippen molar-refractivity contribution in [1.29, 1.82) is 0 Å². The van der Waals surface area contributed by atoms with Crippen LogP contribution in [0.5, 0.6) is 5.75 Å². The summed E-state index contributed by atoms with van der Waals surface area (Å²) in [6, 6.07) is 14.5. The van der Waals surface area contributed by atoms with E-state index in [1.165, 1.54) is 42.5 Å². The number of methoxy groups -OCH3 is 1. The van der Waals surface area contributed by atoms with E-state index in [9.17, 15) is 14.0 Å². The lowest BCUT2D eigenvalue weighted by molar-refractivity contribution is -0.128. The number of carbonyl (C=O) groups is 2. The molecule has 0 spiro atoms. The first kappa shape index (κ1) is 25.5. The zero-order chi connectivity index (χ0) is 26.6. The highest BCUT2D eigenvalue weighted by atomic mass is 19.1. The minimum absolute atomic E-state index is 0.233. The second-order valence-electron chi connectivity index (χ2n) is 9.27. The van der Waals surface area contributed by atoms with Gasteiger partial charge in [-0.25, -0.2) is 4.39 Å². The first-order chi connectivity index (χ1) is 17.6. The van der Waals surface area contributed by atoms with Gasteiger partial charge >= 0.3 is 0 Å². The van der Waals surface area contributed by atoms with Gasteiger partial charge < -0.3 is 14.5 Å². The van der Waals surface area contributed by atoms with Crippen molar-refractivity contribution >= 4 is 17.5 Å². The molecule has 0 aliphatic rings. The van der Waals surface area contributed by atoms with Gasteiger partial charge in [0.15, 0.2) is 6.04 Å². The molecule has 0 unspecified atom stereocenters. The number of nitrogens with zero attached hydrogens (tertiary/aromatic N) is 5. The minimum Gasteiger partial charge on any atom is -0.497 e. The van der Waals surface area contributed by atoms with Gasteiger partial charge in [0.25, 0.3) is 11.8 Å². The summed E-state index contributed by atoms with van der Waals surface area (Å²) in [6.45, 7) is 5.22. The zero-order valence-corrected chi connectivity index (χ0v) is 20.9. The monoisotopic (exact) mass is 506 g/mol. The third-order valence-corrected chi connectivity index (χ3v) is 5.27. The molecule has 4 rings (SSSR count). The molecule has 4 aromatic rings. The van der Waals surface area contributed by atoms with Gasteiger partial charge in [-0.1, -0.05) is 0 Å². The second-order valence-corrected chi connectivity index (χ2v) is 9.27. The SMILES string of the molecule is COc1ccc(N(C(=O)Cn2nnc(-c3ccc(F)cc3)n2)[C@@H](C(=O)NC(C)(C)C)c2ccco2)cc1. The van der Waals surface area contributed by atoms with E-state index < -0.39 is 23.4 Å². The molecule has 1 atom stereocenters. The number of aromatic nitrogens is 4. The van der Waals surface area contributed by atoms with E-state index in [-0.39, 0.29) is 23.9 Å². The fraction of sp³-hybridized carbons (Fsp3) is 0.269. The highest BCUT2D eigenvalue weighted by molar-refractivity contribution is 6.01. The van der Waals surface area contributed by atoms with Crippen LogP contribution in [0.15, 0.2) is 71.3 Å². The predicted octanol–water partition coefficient (Wildman–Crippen LogP) is 3.77. The van der Waals surface area contributed by atoms with Crippen LogP contribution in [-0.4, -0.2) is 44.7 Å². The molecule has 0 aliphatic heterocycles. The Bertz CT molecular complexity index is 1350. The van der Waals surface area contributed by atoms with Gasteiger partial charge in [0, 0.05) is 16.8 Å². The van der Waals surface area contributed by atoms with Crippen molar-refractivity contribution in [2.45, 2.75) is 38.9 Å². The number of carbonyl (C=O) groups excluding carboxylic acids is 2. The third kappa shape index (κ3) is 6.18. The Hall–Kier alpha value is -4.54. The number of benzene rings is 2. The topological polar surface area (TPSA) is 115 Å². The van der Waals surface area contributed by atoms with Crippen molar-refractivity contribution in [2.24, 2.45) is 0 Å². The molecular weight excluding hydrogens is 479 g/mol. The maximum absolute atomic E-state index is 13.8. The largest absolute Gasteiger partial charge is 0.497 e. The van der Waals surface area contributed by atoms with Crippen molar-refractivity contribution < 1.29 is 23.1 Å². The average molecular weight is 507 g/mol. The van der Waals surface area contributed by atoms with Gasteiger partial charge in [-0.15, -0.1) is 10.2 Å². The molecule has 0 bridgehead atoms. The van der Waals surface area contributed by atoms with Crippen LogP contribution in [0.3, 0.4) is 0 Å². The molecule has 0 saturated heterocycles. The molecule has 0 aliphatic carbocycles. The van der Waals surface area contributed by atoms with Crippen LogP contribution >= 0.6 is 0 Å². The lowest BCUT2D eigenvalue weighted by Gasteiger charge is -2.32. The van der Waals surface area contributed by atoms with Gasteiger partial charge in [-0.3, -0.25) is 14.5 Å². The van der Waals surface area contributed by atoms with E-state index in [1.807, 2.05) is 20.8 Å². The fourth-order valence-electron chi connectivity index (χ4n) is 3.66. The Morgan fingerprint density at radius 3 is 2.41 bits per heavy atom. The van der Waals surface area contributed by atoms with Crippen molar-refractivity contribution in [3.63, 3.8) is 0 Å². The normalized spacial score (nSPS) is 12.1. The van der Waals surface area contributed by atoms with Gasteiger partial charge in [0.05, 0.1) is 13.4 Å². The molecule has 2 heterocycles. The van der Waals surface area contributed by atoms with Crippen LogP contribution in [0, 0.1) is 5.82 Å². The Balaban J connectivity index is 1.70. The number of furan rings is 1. The van der Waals surface area contributed by atoms with E-state index in [2.05, 4.69) is 20.7 Å². The molecule has 37 heavy (non-hydrogen) atoms. The van der Waals surface area contributed by atoms with Crippen molar-refractivity contribution in [1.82, 2.24) is 25.5 Å². The predicted molar refractivity (Wildman–Crippen MR) is 133 cm³/mol. The number of halogens is 1. The van der Waals surface area contributed by atoms with Crippen LogP contribution in [0.2, 0.25) is 0 Å². The molecular formula is C26H27FN6O4. The van der Waals surface area contributed by atoms with Crippen LogP contribution in [-0.2, 0) is 16.1 Å². The summed E-state index contributed by atoms with van der Waals surface area (Å²) in [5.74, 6) is -0.198. The van der Waals surface area contributed by atoms with Gasteiger partial charge in [-0.05, 0) is 86.6 Å². The molecule has 2 aromatic heterocycles. The third-order valence-electron chi connectivity index (χ3n) is 5.27. The fourth-order valence-corrected chi connectivity index (χ4v) is 3.66. The van der Waals surface area contributed by atoms with Crippen LogP contribution in [0.1, 0.15) is 32.6 Å². The van der Waals surface area contributed by atoms with Crippen molar-refractivity contribution in [3.8, 4) is 17.1 Å². The standard InChI is InChI=1S/C26H27FN6O4/c1-26(2,3)28-25(35)23(21-6-5-15-37-21)33(19-11-13-20(36-4)14-12-19)22(34)16-32-30-24(29-31-32)17-7-9-18(27)10-8-17/h5-15,23H,16H2,1-4H3,(H,28,35)/t23-/m1/s1. The Labute approximate surface area is 213 Å². The van der Waals surface area contributed by atoms with Gasteiger partial charge in [0.1, 0.15) is 23.9 Å². The molecule has 0 radical (unpaired) electrons. The number of hydrogen-bond donors (Lipinski definition) is 1. The summed E-state index contributed by atoms with van der Waals surface area (Å²) in [5, 5.41) is 15.1. The summed E-state index contributed by atoms with van der Waals surface area (Å²) >= 11 is 0. The van der Waals surface area contributed by atoms with Crippen LogP contribution in [0.25, 0.3) is 11.4 Å². The van der Waals surface area contributed by atoms with E-state index in [4.69, 9.17) is 9.15 Å². The molecule has 0 fully saturated rings. The molecule has 2 amide bonds. The van der Waals surface area contributed by atoms with Gasteiger partial charge in [0.2, 0.25) is 5.82 Å². The number of tetrazole rings is 1. The van der Waals surface area contributed by atoms with E-state index >= 15 is 0 Å². The Kier molecular flexibility index (Phi) is 7.32. The van der Waals surface area contributed by atoms with Crippen molar-refractivity contribution in [2.75, 3.05) is 12.0 Å². The lowest BCUT2D eigenvalue weighted by atomic mass is 10.1. The quantitative estimate of drug-likeness (QED) is 0.387. The number of anilines is 1. The maximum atomic E-state index is 13.8. The molecule has 192 valence electrons.